The molecule has 1 aromatic carbocycles. The summed E-state index contributed by atoms with van der Waals surface area (Å²) < 4.78 is 32.8. The van der Waals surface area contributed by atoms with Crippen LogP contribution in [0.1, 0.15) is 31.4 Å². The highest BCUT2D eigenvalue weighted by molar-refractivity contribution is 7.89. The molecule has 1 aromatic heterocycles. The molecule has 0 spiro atoms. The Kier molecular flexibility index (Phi) is 4.12. The molecule has 1 saturated carbocycles. The van der Waals surface area contributed by atoms with Crippen molar-refractivity contribution in [2.24, 2.45) is 0 Å². The van der Waals surface area contributed by atoms with Crippen LogP contribution in [0.15, 0.2) is 58.0 Å². The van der Waals surface area contributed by atoms with E-state index in [-0.39, 0.29) is 6.04 Å². The van der Waals surface area contributed by atoms with Crippen molar-refractivity contribution in [3.8, 4) is 0 Å². The fraction of sp³-hybridized carbons (Fsp3) is 0.375. The highest BCUT2D eigenvalue weighted by atomic mass is 32.2. The van der Waals surface area contributed by atoms with Crippen LogP contribution in [0.3, 0.4) is 0 Å². The Hall–Kier alpha value is -1.59. The Morgan fingerprint density at radius 3 is 2.38 bits per heavy atom. The topological polar surface area (TPSA) is 50.5 Å². The molecule has 0 aliphatic heterocycles. The van der Waals surface area contributed by atoms with E-state index in [0.717, 1.165) is 25.7 Å². The van der Waals surface area contributed by atoms with Gasteiger partial charge in [-0.15, -0.1) is 0 Å². The molecule has 1 heterocycles. The van der Waals surface area contributed by atoms with E-state index < -0.39 is 10.0 Å². The van der Waals surface area contributed by atoms with Gasteiger partial charge < -0.3 is 4.42 Å². The number of hydrogen-bond acceptors (Lipinski definition) is 3. The van der Waals surface area contributed by atoms with Crippen LogP contribution in [0.5, 0.6) is 0 Å². The maximum absolute atomic E-state index is 12.9. The van der Waals surface area contributed by atoms with E-state index in [9.17, 15) is 8.42 Å². The first-order valence-corrected chi connectivity index (χ1v) is 8.71. The van der Waals surface area contributed by atoms with Gasteiger partial charge >= 0.3 is 0 Å². The van der Waals surface area contributed by atoms with Crippen LogP contribution in [0.2, 0.25) is 0 Å². The third kappa shape index (κ3) is 3.04. The van der Waals surface area contributed by atoms with E-state index in [0.29, 0.717) is 17.2 Å². The number of rotatable bonds is 5. The lowest BCUT2D eigenvalue weighted by atomic mass is 10.2. The van der Waals surface area contributed by atoms with E-state index in [4.69, 9.17) is 4.42 Å². The Balaban J connectivity index is 1.94. The minimum absolute atomic E-state index is 0.0697. The van der Waals surface area contributed by atoms with Gasteiger partial charge in [0, 0.05) is 6.04 Å². The maximum Gasteiger partial charge on any atom is 0.243 e. The number of nitrogens with zero attached hydrogens (tertiary/aromatic N) is 1. The van der Waals surface area contributed by atoms with Gasteiger partial charge in [0.2, 0.25) is 10.0 Å². The molecule has 0 saturated heterocycles. The van der Waals surface area contributed by atoms with E-state index in [2.05, 4.69) is 0 Å². The van der Waals surface area contributed by atoms with Crippen LogP contribution in [-0.4, -0.2) is 18.8 Å². The summed E-state index contributed by atoms with van der Waals surface area (Å²) in [7, 11) is -3.49. The average molecular weight is 305 g/mol. The summed E-state index contributed by atoms with van der Waals surface area (Å²) in [5.74, 6) is 0.682. The molecule has 1 aliphatic carbocycles. The predicted molar refractivity (Wildman–Crippen MR) is 80.1 cm³/mol. The van der Waals surface area contributed by atoms with Crippen molar-refractivity contribution in [3.05, 3.63) is 54.5 Å². The summed E-state index contributed by atoms with van der Waals surface area (Å²) in [5.41, 5.74) is 0. The molecule has 112 valence electrons. The molecule has 3 rings (SSSR count). The minimum Gasteiger partial charge on any atom is -0.468 e. The summed E-state index contributed by atoms with van der Waals surface area (Å²) in [5, 5.41) is 0. The quantitative estimate of drug-likeness (QED) is 0.850. The van der Waals surface area contributed by atoms with Crippen LogP contribution < -0.4 is 0 Å². The molecule has 0 N–H and O–H groups in total. The van der Waals surface area contributed by atoms with Crippen molar-refractivity contribution in [1.29, 1.82) is 0 Å². The summed E-state index contributed by atoms with van der Waals surface area (Å²) in [6.07, 6.45) is 5.60. The lowest BCUT2D eigenvalue weighted by molar-refractivity contribution is 0.292. The van der Waals surface area contributed by atoms with Crippen molar-refractivity contribution in [3.63, 3.8) is 0 Å². The fourth-order valence-corrected chi connectivity index (χ4v) is 4.56. The Bertz CT molecular complexity index is 659. The zero-order chi connectivity index (χ0) is 14.7. The van der Waals surface area contributed by atoms with Gasteiger partial charge in [0.05, 0.1) is 17.7 Å². The van der Waals surface area contributed by atoms with Crippen molar-refractivity contribution in [2.75, 3.05) is 0 Å². The fourth-order valence-electron chi connectivity index (χ4n) is 2.89. The Morgan fingerprint density at radius 1 is 1.05 bits per heavy atom. The van der Waals surface area contributed by atoms with Gasteiger partial charge in [-0.2, -0.15) is 4.31 Å². The van der Waals surface area contributed by atoms with Gasteiger partial charge in [0.25, 0.3) is 0 Å². The zero-order valence-electron chi connectivity index (χ0n) is 11.8. The van der Waals surface area contributed by atoms with Gasteiger partial charge in [-0.1, -0.05) is 31.0 Å². The van der Waals surface area contributed by atoms with E-state index in [1.54, 1.807) is 40.9 Å². The molecule has 4 nitrogen and oxygen atoms in total. The standard InChI is InChI=1S/C16H19NO3S/c18-21(19,16-10-2-1-3-11-16)17(14-7-4-5-8-14)13-15-9-6-12-20-15/h1-3,6,9-12,14H,4-5,7-8,13H2. The minimum atomic E-state index is -3.49. The highest BCUT2D eigenvalue weighted by Crippen LogP contribution is 2.30. The number of furan rings is 1. The van der Waals surface area contributed by atoms with E-state index >= 15 is 0 Å². The zero-order valence-corrected chi connectivity index (χ0v) is 12.6. The average Bonchev–Trinajstić information content (AvgIpc) is 3.19. The second-order valence-corrected chi connectivity index (χ2v) is 7.27. The molecule has 0 radical (unpaired) electrons. The van der Waals surface area contributed by atoms with E-state index in [1.165, 1.54) is 0 Å². The molecule has 0 unspecified atom stereocenters. The number of sulfonamides is 1. The molecule has 21 heavy (non-hydrogen) atoms. The smallest absolute Gasteiger partial charge is 0.243 e. The summed E-state index contributed by atoms with van der Waals surface area (Å²) >= 11 is 0. The normalized spacial score (nSPS) is 16.6. The SMILES string of the molecule is O=S(=O)(c1ccccc1)N(Cc1ccco1)C1CCCC1. The summed E-state index contributed by atoms with van der Waals surface area (Å²) in [6.45, 7) is 0.300. The number of benzene rings is 1. The molecule has 1 fully saturated rings. The summed E-state index contributed by atoms with van der Waals surface area (Å²) in [4.78, 5) is 0.350. The predicted octanol–water partition coefficient (Wildman–Crippen LogP) is 3.41. The molecule has 2 aromatic rings. The van der Waals surface area contributed by atoms with Gasteiger partial charge in [0.15, 0.2) is 0 Å². The highest BCUT2D eigenvalue weighted by Gasteiger charge is 2.33. The van der Waals surface area contributed by atoms with E-state index in [1.807, 2.05) is 12.1 Å². The molecule has 0 amide bonds. The van der Waals surface area contributed by atoms with Crippen molar-refractivity contribution in [1.82, 2.24) is 4.31 Å². The second kappa shape index (κ2) is 6.03. The monoisotopic (exact) mass is 305 g/mol. The van der Waals surface area contributed by atoms with Crippen LogP contribution in [0, 0.1) is 0 Å². The van der Waals surface area contributed by atoms with Crippen LogP contribution in [0.4, 0.5) is 0 Å². The van der Waals surface area contributed by atoms with Crippen molar-refractivity contribution < 1.29 is 12.8 Å². The largest absolute Gasteiger partial charge is 0.468 e. The lowest BCUT2D eigenvalue weighted by Gasteiger charge is -2.27. The van der Waals surface area contributed by atoms with Gasteiger partial charge in [0.1, 0.15) is 5.76 Å². The first-order chi connectivity index (χ1) is 10.2. The maximum atomic E-state index is 12.9. The third-order valence-electron chi connectivity index (χ3n) is 3.97. The first-order valence-electron chi connectivity index (χ1n) is 7.27. The first kappa shape index (κ1) is 14.4. The Labute approximate surface area is 125 Å². The van der Waals surface area contributed by atoms with Crippen molar-refractivity contribution >= 4 is 10.0 Å². The molecular formula is C16H19NO3S. The van der Waals surface area contributed by atoms with Gasteiger partial charge in [-0.3, -0.25) is 0 Å². The van der Waals surface area contributed by atoms with Crippen molar-refractivity contribution in [2.45, 2.75) is 43.2 Å². The van der Waals surface area contributed by atoms with Gasteiger partial charge in [-0.25, -0.2) is 8.42 Å². The summed E-state index contributed by atoms with van der Waals surface area (Å²) in [6, 6.07) is 12.3. The lowest BCUT2D eigenvalue weighted by Crippen LogP contribution is -2.38. The third-order valence-corrected chi connectivity index (χ3v) is 5.89. The second-order valence-electron chi connectivity index (χ2n) is 5.38. The molecular weight excluding hydrogens is 286 g/mol. The molecule has 5 heteroatoms. The molecule has 0 atom stereocenters. The van der Waals surface area contributed by atoms with Gasteiger partial charge in [-0.05, 0) is 37.1 Å². The number of hydrogen-bond donors (Lipinski definition) is 0. The Morgan fingerprint density at radius 2 is 1.76 bits per heavy atom. The van der Waals surface area contributed by atoms with Crippen LogP contribution >= 0.6 is 0 Å². The van der Waals surface area contributed by atoms with Crippen LogP contribution in [0.25, 0.3) is 0 Å². The molecule has 1 aliphatic rings. The molecule has 0 bridgehead atoms. The van der Waals surface area contributed by atoms with Crippen LogP contribution in [-0.2, 0) is 16.6 Å².